The Hall–Kier alpha value is 0.270. The van der Waals surface area contributed by atoms with Crippen molar-refractivity contribution in [2.75, 3.05) is 25.2 Å². The molecule has 0 radical (unpaired) electrons. The minimum Gasteiger partial charge on any atom is -0.396 e. The second kappa shape index (κ2) is 6.39. The smallest absolute Gasteiger partial charge is 0.0481 e. The van der Waals surface area contributed by atoms with Crippen LogP contribution in [0.2, 0.25) is 0 Å². The summed E-state index contributed by atoms with van der Waals surface area (Å²) in [6, 6.07) is 0. The Morgan fingerprint density at radius 1 is 1.33 bits per heavy atom. The van der Waals surface area contributed by atoms with Crippen LogP contribution in [0.25, 0.3) is 0 Å². The monoisotopic (exact) mass is 150 g/mol. The van der Waals surface area contributed by atoms with Crippen molar-refractivity contribution >= 4 is 11.8 Å². The second-order valence-corrected chi connectivity index (χ2v) is 3.00. The quantitative estimate of drug-likeness (QED) is 0.594. The van der Waals surface area contributed by atoms with Crippen LogP contribution in [-0.4, -0.2) is 35.4 Å². The van der Waals surface area contributed by atoms with E-state index in [1.165, 1.54) is 0 Å². The van der Waals surface area contributed by atoms with E-state index in [-0.39, 0.29) is 19.1 Å². The van der Waals surface area contributed by atoms with Gasteiger partial charge in [0.2, 0.25) is 0 Å². The second-order valence-electron chi connectivity index (χ2n) is 2.01. The van der Waals surface area contributed by atoms with Gasteiger partial charge in [-0.3, -0.25) is 0 Å². The largest absolute Gasteiger partial charge is 0.396 e. The molecule has 0 aromatic heterocycles. The van der Waals surface area contributed by atoms with E-state index in [9.17, 15) is 0 Å². The van der Waals surface area contributed by atoms with Gasteiger partial charge < -0.3 is 10.2 Å². The summed E-state index contributed by atoms with van der Waals surface area (Å²) in [6.07, 6.45) is 2.93. The summed E-state index contributed by atoms with van der Waals surface area (Å²) in [5.41, 5.74) is 0. The first-order chi connectivity index (χ1) is 4.35. The lowest BCUT2D eigenvalue weighted by Crippen LogP contribution is -2.11. The van der Waals surface area contributed by atoms with Crippen LogP contribution in [0.5, 0.6) is 0 Å². The lowest BCUT2D eigenvalue weighted by molar-refractivity contribution is 0.148. The van der Waals surface area contributed by atoms with Gasteiger partial charge in [0.05, 0.1) is 0 Å². The fraction of sp³-hybridized carbons (Fsp3) is 1.00. The van der Waals surface area contributed by atoms with Crippen molar-refractivity contribution in [1.82, 2.24) is 0 Å². The van der Waals surface area contributed by atoms with Crippen LogP contribution in [-0.2, 0) is 0 Å². The SMILES string of the molecule is CSCCC(CO)CO. The van der Waals surface area contributed by atoms with Gasteiger partial charge in [-0.1, -0.05) is 0 Å². The maximum Gasteiger partial charge on any atom is 0.0481 e. The zero-order chi connectivity index (χ0) is 7.11. The summed E-state index contributed by atoms with van der Waals surface area (Å²) in [4.78, 5) is 0. The van der Waals surface area contributed by atoms with Gasteiger partial charge in [0.1, 0.15) is 0 Å². The van der Waals surface area contributed by atoms with Crippen molar-refractivity contribution in [3.05, 3.63) is 0 Å². The van der Waals surface area contributed by atoms with Gasteiger partial charge in [-0.2, -0.15) is 11.8 Å². The van der Waals surface area contributed by atoms with E-state index in [0.29, 0.717) is 0 Å². The van der Waals surface area contributed by atoms with Crippen LogP contribution in [0.3, 0.4) is 0 Å². The van der Waals surface area contributed by atoms with Crippen LogP contribution in [0, 0.1) is 5.92 Å². The van der Waals surface area contributed by atoms with Gasteiger partial charge in [-0.25, -0.2) is 0 Å². The van der Waals surface area contributed by atoms with E-state index in [0.717, 1.165) is 12.2 Å². The maximum absolute atomic E-state index is 8.58. The van der Waals surface area contributed by atoms with E-state index in [4.69, 9.17) is 10.2 Å². The molecule has 56 valence electrons. The number of thioether (sulfide) groups is 1. The first-order valence-corrected chi connectivity index (χ1v) is 4.45. The van der Waals surface area contributed by atoms with Crippen LogP contribution in [0.15, 0.2) is 0 Å². The molecule has 0 saturated heterocycles. The van der Waals surface area contributed by atoms with Crippen molar-refractivity contribution < 1.29 is 10.2 Å². The van der Waals surface area contributed by atoms with Gasteiger partial charge in [-0.05, 0) is 18.4 Å². The Labute approximate surface area is 60.3 Å². The standard InChI is InChI=1S/C6H14O2S/c1-9-3-2-6(4-7)5-8/h6-8H,2-5H2,1H3. The predicted molar refractivity (Wildman–Crippen MR) is 40.7 cm³/mol. The molecule has 0 aliphatic carbocycles. The van der Waals surface area contributed by atoms with E-state index < -0.39 is 0 Å². The molecule has 0 aromatic rings. The molecule has 3 heteroatoms. The third-order valence-electron chi connectivity index (χ3n) is 1.25. The van der Waals surface area contributed by atoms with Gasteiger partial charge >= 0.3 is 0 Å². The fourth-order valence-electron chi connectivity index (χ4n) is 0.525. The molecular formula is C6H14O2S. The zero-order valence-electron chi connectivity index (χ0n) is 5.71. The lowest BCUT2D eigenvalue weighted by Gasteiger charge is -2.07. The van der Waals surface area contributed by atoms with Crippen molar-refractivity contribution in [2.24, 2.45) is 5.92 Å². The highest BCUT2D eigenvalue weighted by atomic mass is 32.2. The van der Waals surface area contributed by atoms with Crippen LogP contribution in [0.1, 0.15) is 6.42 Å². The molecule has 0 aromatic carbocycles. The summed E-state index contributed by atoms with van der Waals surface area (Å²) in [6.45, 7) is 0.216. The first kappa shape index (κ1) is 9.27. The molecule has 9 heavy (non-hydrogen) atoms. The molecule has 0 aliphatic heterocycles. The number of aliphatic hydroxyl groups is 2. The first-order valence-electron chi connectivity index (χ1n) is 3.05. The molecule has 0 unspecified atom stereocenters. The highest BCUT2D eigenvalue weighted by molar-refractivity contribution is 7.98. The Kier molecular flexibility index (Phi) is 6.58. The fourth-order valence-corrected chi connectivity index (χ4v) is 1.09. The molecule has 0 rings (SSSR count). The highest BCUT2D eigenvalue weighted by Crippen LogP contribution is 2.05. The topological polar surface area (TPSA) is 40.5 Å². The summed E-state index contributed by atoms with van der Waals surface area (Å²) >= 11 is 1.74. The van der Waals surface area contributed by atoms with Crippen LogP contribution >= 0.6 is 11.8 Å². The van der Waals surface area contributed by atoms with E-state index in [1.807, 2.05) is 6.26 Å². The Balaban J connectivity index is 3.09. The third kappa shape index (κ3) is 4.75. The minimum absolute atomic E-state index is 0.0949. The molecule has 2 nitrogen and oxygen atoms in total. The van der Waals surface area contributed by atoms with Gasteiger partial charge in [0.15, 0.2) is 0 Å². The molecule has 0 amide bonds. The molecule has 0 atom stereocenters. The molecule has 0 saturated carbocycles. The average Bonchev–Trinajstić information content (AvgIpc) is 1.91. The number of aliphatic hydroxyl groups excluding tert-OH is 2. The molecular weight excluding hydrogens is 136 g/mol. The number of rotatable bonds is 5. The lowest BCUT2D eigenvalue weighted by atomic mass is 10.1. The summed E-state index contributed by atoms with van der Waals surface area (Å²) in [5.74, 6) is 1.11. The Morgan fingerprint density at radius 3 is 2.22 bits per heavy atom. The van der Waals surface area contributed by atoms with Crippen molar-refractivity contribution in [3.8, 4) is 0 Å². The summed E-state index contributed by atoms with van der Waals surface area (Å²) < 4.78 is 0. The number of hydrogen-bond donors (Lipinski definition) is 2. The van der Waals surface area contributed by atoms with E-state index in [2.05, 4.69) is 0 Å². The Morgan fingerprint density at radius 2 is 1.89 bits per heavy atom. The normalized spacial score (nSPS) is 10.7. The molecule has 0 bridgehead atoms. The average molecular weight is 150 g/mol. The van der Waals surface area contributed by atoms with Gasteiger partial charge in [-0.15, -0.1) is 0 Å². The molecule has 0 heterocycles. The Bertz CT molecular complexity index is 55.0. The summed E-state index contributed by atoms with van der Waals surface area (Å²) in [7, 11) is 0. The maximum atomic E-state index is 8.58. The van der Waals surface area contributed by atoms with E-state index in [1.54, 1.807) is 11.8 Å². The summed E-state index contributed by atoms with van der Waals surface area (Å²) in [5, 5.41) is 17.2. The third-order valence-corrected chi connectivity index (χ3v) is 1.89. The van der Waals surface area contributed by atoms with Crippen LogP contribution in [0.4, 0.5) is 0 Å². The highest BCUT2D eigenvalue weighted by Gasteiger charge is 2.03. The van der Waals surface area contributed by atoms with Gasteiger partial charge in [0.25, 0.3) is 0 Å². The zero-order valence-corrected chi connectivity index (χ0v) is 6.52. The minimum atomic E-state index is 0.0949. The van der Waals surface area contributed by atoms with Crippen molar-refractivity contribution in [2.45, 2.75) is 6.42 Å². The molecule has 0 fully saturated rings. The number of hydrogen-bond acceptors (Lipinski definition) is 3. The predicted octanol–water partition coefficient (Wildman–Crippen LogP) is 0.340. The molecule has 0 aliphatic rings. The van der Waals surface area contributed by atoms with Crippen molar-refractivity contribution in [1.29, 1.82) is 0 Å². The molecule has 2 N–H and O–H groups in total. The van der Waals surface area contributed by atoms with Crippen molar-refractivity contribution in [3.63, 3.8) is 0 Å². The van der Waals surface area contributed by atoms with Gasteiger partial charge in [0, 0.05) is 19.1 Å². The van der Waals surface area contributed by atoms with E-state index >= 15 is 0 Å². The van der Waals surface area contributed by atoms with Crippen LogP contribution < -0.4 is 0 Å². The molecule has 0 spiro atoms.